The van der Waals surface area contributed by atoms with Crippen LogP contribution in [0.3, 0.4) is 0 Å². The van der Waals surface area contributed by atoms with E-state index in [-0.39, 0.29) is 0 Å². The Morgan fingerprint density at radius 2 is 2.25 bits per heavy atom. The number of aryl methyl sites for hydroxylation is 1. The summed E-state index contributed by atoms with van der Waals surface area (Å²) < 4.78 is 5.87. The molecule has 16 heavy (non-hydrogen) atoms. The van der Waals surface area contributed by atoms with E-state index in [2.05, 4.69) is 15.0 Å². The van der Waals surface area contributed by atoms with Crippen LogP contribution in [-0.2, 0) is 13.1 Å². The Bertz CT molecular complexity index is 426. The molecule has 4 nitrogen and oxygen atoms in total. The highest BCUT2D eigenvalue weighted by atomic mass is 35.5. The molecule has 0 spiro atoms. The number of nitrogens with zero attached hydrogens (tertiary/aromatic N) is 3. The second kappa shape index (κ2) is 4.95. The maximum absolute atomic E-state index is 5.87. The molecule has 0 bridgehead atoms. The lowest BCUT2D eigenvalue weighted by Crippen LogP contribution is -2.16. The van der Waals surface area contributed by atoms with Crippen LogP contribution in [0.4, 0.5) is 0 Å². The minimum atomic E-state index is 0.641. The van der Waals surface area contributed by atoms with Crippen molar-refractivity contribution in [2.45, 2.75) is 20.0 Å². The number of aromatic nitrogens is 2. The zero-order valence-electron chi connectivity index (χ0n) is 9.11. The van der Waals surface area contributed by atoms with Crippen LogP contribution in [0.1, 0.15) is 16.6 Å². The van der Waals surface area contributed by atoms with Crippen molar-refractivity contribution < 1.29 is 4.52 Å². The number of halogens is 1. The van der Waals surface area contributed by atoms with Gasteiger partial charge in [-0.15, -0.1) is 11.3 Å². The molecular formula is C10H12ClN3OS. The lowest BCUT2D eigenvalue weighted by atomic mass is 10.4. The minimum absolute atomic E-state index is 0.641. The van der Waals surface area contributed by atoms with Crippen LogP contribution in [0.2, 0.25) is 4.34 Å². The molecule has 2 heterocycles. The summed E-state index contributed by atoms with van der Waals surface area (Å²) in [5.74, 6) is 1.31. The number of hydrogen-bond donors (Lipinski definition) is 0. The third-order valence-corrected chi connectivity index (χ3v) is 3.25. The fraction of sp³-hybridized carbons (Fsp3) is 0.400. The van der Waals surface area contributed by atoms with E-state index in [1.807, 2.05) is 26.1 Å². The largest absolute Gasteiger partial charge is 0.338 e. The SMILES string of the molecule is Cc1noc(CN(C)Cc2ccc(Cl)s2)n1. The van der Waals surface area contributed by atoms with Crippen LogP contribution in [0.5, 0.6) is 0 Å². The second-order valence-corrected chi connectivity index (χ2v) is 5.41. The van der Waals surface area contributed by atoms with Gasteiger partial charge >= 0.3 is 0 Å². The van der Waals surface area contributed by atoms with Crippen LogP contribution < -0.4 is 0 Å². The van der Waals surface area contributed by atoms with Crippen LogP contribution in [0.15, 0.2) is 16.7 Å². The second-order valence-electron chi connectivity index (χ2n) is 3.61. The average Bonchev–Trinajstić information content (AvgIpc) is 2.76. The molecule has 2 rings (SSSR count). The number of rotatable bonds is 4. The van der Waals surface area contributed by atoms with Crippen molar-refractivity contribution in [2.24, 2.45) is 0 Å². The molecule has 0 atom stereocenters. The van der Waals surface area contributed by atoms with Gasteiger partial charge in [-0.2, -0.15) is 4.98 Å². The predicted molar refractivity (Wildman–Crippen MR) is 63.5 cm³/mol. The van der Waals surface area contributed by atoms with Gasteiger partial charge in [-0.3, -0.25) is 4.90 Å². The standard InChI is InChI=1S/C10H12ClN3OS/c1-7-12-10(15-13-7)6-14(2)5-8-3-4-9(11)16-8/h3-4H,5-6H2,1-2H3. The van der Waals surface area contributed by atoms with Gasteiger partial charge in [0, 0.05) is 11.4 Å². The maximum Gasteiger partial charge on any atom is 0.240 e. The highest BCUT2D eigenvalue weighted by molar-refractivity contribution is 7.16. The molecule has 0 aliphatic carbocycles. The highest BCUT2D eigenvalue weighted by Crippen LogP contribution is 2.22. The van der Waals surface area contributed by atoms with Gasteiger partial charge in [0.2, 0.25) is 5.89 Å². The summed E-state index contributed by atoms with van der Waals surface area (Å²) in [6.07, 6.45) is 0. The molecule has 0 radical (unpaired) electrons. The van der Waals surface area contributed by atoms with Gasteiger partial charge in [0.25, 0.3) is 0 Å². The quantitative estimate of drug-likeness (QED) is 0.845. The lowest BCUT2D eigenvalue weighted by Gasteiger charge is -2.12. The fourth-order valence-electron chi connectivity index (χ4n) is 1.39. The molecule has 0 aromatic carbocycles. The molecule has 0 saturated carbocycles. The first-order chi connectivity index (χ1) is 7.63. The van der Waals surface area contributed by atoms with Gasteiger partial charge in [-0.05, 0) is 26.1 Å². The van der Waals surface area contributed by atoms with E-state index in [0.29, 0.717) is 18.3 Å². The summed E-state index contributed by atoms with van der Waals surface area (Å²) in [4.78, 5) is 7.49. The molecule has 0 aliphatic rings. The van der Waals surface area contributed by atoms with Crippen LogP contribution >= 0.6 is 22.9 Å². The number of thiophene rings is 1. The Balaban J connectivity index is 1.91. The Labute approximate surface area is 103 Å². The van der Waals surface area contributed by atoms with E-state index in [0.717, 1.165) is 10.9 Å². The van der Waals surface area contributed by atoms with Gasteiger partial charge in [-0.25, -0.2) is 0 Å². The van der Waals surface area contributed by atoms with Crippen molar-refractivity contribution >= 4 is 22.9 Å². The summed E-state index contributed by atoms with van der Waals surface area (Å²) >= 11 is 7.46. The molecule has 0 N–H and O–H groups in total. The summed E-state index contributed by atoms with van der Waals surface area (Å²) in [5, 5.41) is 3.75. The van der Waals surface area contributed by atoms with E-state index in [1.54, 1.807) is 11.3 Å². The molecule has 6 heteroatoms. The van der Waals surface area contributed by atoms with Crippen molar-refractivity contribution in [2.75, 3.05) is 7.05 Å². The Morgan fingerprint density at radius 1 is 1.44 bits per heavy atom. The van der Waals surface area contributed by atoms with E-state index in [4.69, 9.17) is 16.1 Å². The summed E-state index contributed by atoms with van der Waals surface area (Å²) in [6.45, 7) is 3.29. The van der Waals surface area contributed by atoms with Crippen LogP contribution in [0, 0.1) is 6.92 Å². The maximum atomic E-state index is 5.87. The third-order valence-electron chi connectivity index (χ3n) is 2.03. The molecule has 0 amide bonds. The molecule has 0 unspecified atom stereocenters. The first-order valence-electron chi connectivity index (χ1n) is 4.85. The summed E-state index contributed by atoms with van der Waals surface area (Å²) in [7, 11) is 2.01. The minimum Gasteiger partial charge on any atom is -0.338 e. The Morgan fingerprint density at radius 3 is 2.81 bits per heavy atom. The third kappa shape index (κ3) is 3.04. The van der Waals surface area contributed by atoms with E-state index < -0.39 is 0 Å². The van der Waals surface area contributed by atoms with Gasteiger partial charge in [0.05, 0.1) is 10.9 Å². The molecule has 0 saturated heterocycles. The normalized spacial score (nSPS) is 11.2. The molecule has 0 aliphatic heterocycles. The first-order valence-corrected chi connectivity index (χ1v) is 6.05. The zero-order valence-corrected chi connectivity index (χ0v) is 10.7. The molecule has 2 aromatic rings. The van der Waals surface area contributed by atoms with E-state index in [1.165, 1.54) is 4.88 Å². The predicted octanol–water partition coefficient (Wildman–Crippen LogP) is 2.72. The van der Waals surface area contributed by atoms with Crippen LogP contribution in [-0.4, -0.2) is 22.1 Å². The summed E-state index contributed by atoms with van der Waals surface area (Å²) in [6, 6.07) is 3.94. The molecular weight excluding hydrogens is 246 g/mol. The van der Waals surface area contributed by atoms with E-state index >= 15 is 0 Å². The van der Waals surface area contributed by atoms with Gasteiger partial charge in [0.15, 0.2) is 5.82 Å². The van der Waals surface area contributed by atoms with Crippen molar-refractivity contribution in [3.8, 4) is 0 Å². The molecule has 86 valence electrons. The van der Waals surface area contributed by atoms with Crippen molar-refractivity contribution in [3.05, 3.63) is 33.1 Å². The van der Waals surface area contributed by atoms with Gasteiger partial charge < -0.3 is 4.52 Å². The summed E-state index contributed by atoms with van der Waals surface area (Å²) in [5.41, 5.74) is 0. The topological polar surface area (TPSA) is 42.2 Å². The zero-order chi connectivity index (χ0) is 11.5. The van der Waals surface area contributed by atoms with Gasteiger partial charge in [-0.1, -0.05) is 16.8 Å². The Kier molecular flexibility index (Phi) is 3.58. The highest BCUT2D eigenvalue weighted by Gasteiger charge is 2.08. The van der Waals surface area contributed by atoms with Crippen LogP contribution in [0.25, 0.3) is 0 Å². The smallest absolute Gasteiger partial charge is 0.240 e. The first kappa shape index (κ1) is 11.6. The monoisotopic (exact) mass is 257 g/mol. The van der Waals surface area contributed by atoms with Crippen molar-refractivity contribution in [1.82, 2.24) is 15.0 Å². The lowest BCUT2D eigenvalue weighted by molar-refractivity contribution is 0.262. The fourth-order valence-corrected chi connectivity index (χ4v) is 2.56. The van der Waals surface area contributed by atoms with Crippen molar-refractivity contribution in [1.29, 1.82) is 0 Å². The Hall–Kier alpha value is -0.910. The molecule has 0 fully saturated rings. The number of hydrogen-bond acceptors (Lipinski definition) is 5. The van der Waals surface area contributed by atoms with Gasteiger partial charge in [0.1, 0.15) is 0 Å². The van der Waals surface area contributed by atoms with Crippen molar-refractivity contribution in [3.63, 3.8) is 0 Å². The average molecular weight is 258 g/mol. The molecule has 2 aromatic heterocycles. The van der Waals surface area contributed by atoms with E-state index in [9.17, 15) is 0 Å².